The molecule has 9 heteroatoms. The number of nitrogens with one attached hydrogen (secondary N) is 1. The first-order valence-corrected chi connectivity index (χ1v) is 12.4. The van der Waals surface area contributed by atoms with Crippen LogP contribution in [0.25, 0.3) is 5.65 Å². The highest BCUT2D eigenvalue weighted by atomic mass is 35.5. The fraction of sp³-hybridized carbons (Fsp3) is 0.222. The molecule has 2 aromatic carbocycles. The molecule has 4 aromatic rings. The van der Waals surface area contributed by atoms with Crippen LogP contribution >= 0.6 is 23.2 Å². The number of nitrogens with zero attached hydrogens (tertiary/aromatic N) is 3. The number of likely N-dealkylation sites (tertiary alicyclic amines) is 1. The summed E-state index contributed by atoms with van der Waals surface area (Å²) in [6.07, 6.45) is 7.22. The van der Waals surface area contributed by atoms with E-state index in [0.29, 0.717) is 46.1 Å². The number of rotatable bonds is 6. The minimum absolute atomic E-state index is 0.0418. The number of anilines is 1. The van der Waals surface area contributed by atoms with Gasteiger partial charge >= 0.3 is 0 Å². The van der Waals surface area contributed by atoms with E-state index in [1.807, 2.05) is 58.1 Å². The van der Waals surface area contributed by atoms with Gasteiger partial charge in [0.2, 0.25) is 0 Å². The summed E-state index contributed by atoms with van der Waals surface area (Å²) in [5.74, 6) is 0.614. The molecule has 5 rings (SSSR count). The van der Waals surface area contributed by atoms with Crippen molar-refractivity contribution in [1.82, 2.24) is 14.3 Å². The fourth-order valence-corrected chi connectivity index (χ4v) is 4.68. The lowest BCUT2D eigenvalue weighted by atomic mass is 9.89. The molecule has 0 spiro atoms. The number of pyridine rings is 1. The normalized spacial score (nSPS) is 14.1. The molecular weight excluding hydrogens is 499 g/mol. The number of ether oxygens (including phenoxy) is 1. The Kier molecular flexibility index (Phi) is 7.11. The number of piperidine rings is 1. The van der Waals surface area contributed by atoms with E-state index in [9.17, 15) is 9.59 Å². The first-order chi connectivity index (χ1) is 17.5. The Morgan fingerprint density at radius 2 is 1.75 bits per heavy atom. The zero-order chi connectivity index (χ0) is 25.1. The van der Waals surface area contributed by atoms with Crippen LogP contribution in [0.2, 0.25) is 10.0 Å². The fourth-order valence-electron chi connectivity index (χ4n) is 4.39. The Bertz CT molecular complexity index is 1400. The molecule has 2 amide bonds. The Labute approximate surface area is 218 Å². The van der Waals surface area contributed by atoms with E-state index in [0.717, 1.165) is 18.5 Å². The van der Waals surface area contributed by atoms with Crippen LogP contribution in [-0.4, -0.2) is 45.8 Å². The summed E-state index contributed by atoms with van der Waals surface area (Å²) in [5.41, 5.74) is 3.33. The van der Waals surface area contributed by atoms with Crippen molar-refractivity contribution in [3.05, 3.63) is 94.4 Å². The molecule has 0 saturated carbocycles. The maximum Gasteiger partial charge on any atom is 0.262 e. The smallest absolute Gasteiger partial charge is 0.262 e. The molecule has 36 heavy (non-hydrogen) atoms. The molecule has 0 radical (unpaired) electrons. The number of imidazole rings is 1. The van der Waals surface area contributed by atoms with Crippen molar-refractivity contribution in [3.63, 3.8) is 0 Å². The topological polar surface area (TPSA) is 75.9 Å². The molecule has 0 bridgehead atoms. The largest absolute Gasteiger partial charge is 0.484 e. The van der Waals surface area contributed by atoms with Gasteiger partial charge in [0.1, 0.15) is 11.4 Å². The summed E-state index contributed by atoms with van der Waals surface area (Å²) < 4.78 is 7.37. The van der Waals surface area contributed by atoms with Gasteiger partial charge in [-0.15, -0.1) is 0 Å². The van der Waals surface area contributed by atoms with Crippen LogP contribution in [0.5, 0.6) is 5.75 Å². The third-order valence-electron chi connectivity index (χ3n) is 6.35. The van der Waals surface area contributed by atoms with E-state index in [1.54, 1.807) is 24.4 Å². The van der Waals surface area contributed by atoms with Gasteiger partial charge in [0, 0.05) is 49.0 Å². The summed E-state index contributed by atoms with van der Waals surface area (Å²) in [7, 11) is 0. The lowest BCUT2D eigenvalue weighted by Crippen LogP contribution is -2.37. The van der Waals surface area contributed by atoms with Crippen molar-refractivity contribution in [3.8, 4) is 5.75 Å². The van der Waals surface area contributed by atoms with E-state index in [-0.39, 0.29) is 18.4 Å². The third kappa shape index (κ3) is 5.48. The van der Waals surface area contributed by atoms with Gasteiger partial charge in [0.15, 0.2) is 6.61 Å². The highest BCUT2D eigenvalue weighted by Crippen LogP contribution is 2.30. The maximum absolute atomic E-state index is 13.0. The number of halogens is 2. The second-order valence-electron chi connectivity index (χ2n) is 8.71. The molecule has 7 nitrogen and oxygen atoms in total. The number of benzene rings is 2. The number of fused-ring (bicyclic) bond motifs is 1. The van der Waals surface area contributed by atoms with Crippen LogP contribution in [-0.2, 0) is 4.79 Å². The molecule has 1 fully saturated rings. The Hall–Kier alpha value is -3.55. The van der Waals surface area contributed by atoms with Crippen molar-refractivity contribution < 1.29 is 14.3 Å². The average molecular weight is 523 g/mol. The molecule has 1 aliphatic heterocycles. The molecule has 1 N–H and O–H groups in total. The zero-order valence-electron chi connectivity index (χ0n) is 19.4. The molecule has 0 atom stereocenters. The second-order valence-corrected chi connectivity index (χ2v) is 9.52. The maximum atomic E-state index is 13.0. The summed E-state index contributed by atoms with van der Waals surface area (Å²) in [6, 6.07) is 16.4. The van der Waals surface area contributed by atoms with E-state index in [1.165, 1.54) is 5.56 Å². The number of hydrogen-bond donors (Lipinski definition) is 1. The predicted octanol–water partition coefficient (Wildman–Crippen LogP) is 5.68. The molecular formula is C27H24Cl2N4O3. The summed E-state index contributed by atoms with van der Waals surface area (Å²) in [5, 5.41) is 3.64. The van der Waals surface area contributed by atoms with Crippen LogP contribution in [0.4, 0.5) is 5.69 Å². The van der Waals surface area contributed by atoms with Crippen molar-refractivity contribution in [2.75, 3.05) is 25.0 Å². The van der Waals surface area contributed by atoms with Gasteiger partial charge in [-0.2, -0.15) is 0 Å². The lowest BCUT2D eigenvalue weighted by molar-refractivity contribution is -0.118. The van der Waals surface area contributed by atoms with Gasteiger partial charge in [-0.3, -0.25) is 9.59 Å². The third-order valence-corrected chi connectivity index (χ3v) is 7.09. The summed E-state index contributed by atoms with van der Waals surface area (Å²) in [6.45, 7) is 1.26. The van der Waals surface area contributed by atoms with Crippen molar-refractivity contribution in [2.45, 2.75) is 18.8 Å². The molecule has 184 valence electrons. The Morgan fingerprint density at radius 1 is 0.972 bits per heavy atom. The minimum atomic E-state index is -0.269. The molecule has 0 unspecified atom stereocenters. The van der Waals surface area contributed by atoms with E-state index >= 15 is 0 Å². The number of carbonyl (C=O) groups is 2. The number of carbonyl (C=O) groups excluding carboxylic acids is 2. The van der Waals surface area contributed by atoms with Crippen LogP contribution in [0.15, 0.2) is 73.2 Å². The summed E-state index contributed by atoms with van der Waals surface area (Å²) in [4.78, 5) is 31.4. The van der Waals surface area contributed by atoms with Crippen LogP contribution in [0.1, 0.15) is 34.7 Å². The van der Waals surface area contributed by atoms with Gasteiger partial charge in [-0.1, -0.05) is 35.3 Å². The highest BCUT2D eigenvalue weighted by Gasteiger charge is 2.25. The van der Waals surface area contributed by atoms with Gasteiger partial charge in [0.05, 0.1) is 10.0 Å². The van der Waals surface area contributed by atoms with Crippen LogP contribution < -0.4 is 10.1 Å². The molecule has 1 aliphatic rings. The van der Waals surface area contributed by atoms with Crippen molar-refractivity contribution >= 4 is 46.4 Å². The van der Waals surface area contributed by atoms with E-state index < -0.39 is 0 Å². The van der Waals surface area contributed by atoms with Crippen molar-refractivity contribution in [2.24, 2.45) is 0 Å². The quantitative estimate of drug-likeness (QED) is 0.353. The van der Waals surface area contributed by atoms with Gasteiger partial charge in [-0.25, -0.2) is 4.98 Å². The summed E-state index contributed by atoms with van der Waals surface area (Å²) >= 11 is 11.9. The lowest BCUT2D eigenvalue weighted by Gasteiger charge is -2.32. The first kappa shape index (κ1) is 24.2. The standard InChI is InChI=1S/C27H24Cl2N4O3/c28-23-6-5-22(16-24(23)29)36-17-26(34)31-21-3-1-18(2-4-21)19-7-12-33(13-8-19)27(35)20-9-11-32-14-10-30-25(32)15-20/h1-6,9-11,14-16,19H,7-8,12-13,17H2,(H,31,34). The minimum Gasteiger partial charge on any atom is -0.484 e. The number of hydrogen-bond acceptors (Lipinski definition) is 4. The van der Waals surface area contributed by atoms with E-state index in [2.05, 4.69) is 10.3 Å². The SMILES string of the molecule is O=C(COc1ccc(Cl)c(Cl)c1)Nc1ccc(C2CCN(C(=O)c3ccn4ccnc4c3)CC2)cc1. The molecule has 0 aliphatic carbocycles. The Morgan fingerprint density at radius 3 is 2.50 bits per heavy atom. The highest BCUT2D eigenvalue weighted by molar-refractivity contribution is 6.42. The predicted molar refractivity (Wildman–Crippen MR) is 140 cm³/mol. The van der Waals surface area contributed by atoms with Crippen LogP contribution in [0, 0.1) is 0 Å². The van der Waals surface area contributed by atoms with Crippen LogP contribution in [0.3, 0.4) is 0 Å². The van der Waals surface area contributed by atoms with Gasteiger partial charge in [-0.05, 0) is 60.7 Å². The zero-order valence-corrected chi connectivity index (χ0v) is 20.9. The first-order valence-electron chi connectivity index (χ1n) is 11.7. The number of amides is 2. The second kappa shape index (κ2) is 10.6. The number of aromatic nitrogens is 2. The monoisotopic (exact) mass is 522 g/mol. The Balaban J connectivity index is 1.11. The van der Waals surface area contributed by atoms with Crippen molar-refractivity contribution in [1.29, 1.82) is 0 Å². The van der Waals surface area contributed by atoms with E-state index in [4.69, 9.17) is 27.9 Å². The van der Waals surface area contributed by atoms with Gasteiger partial charge in [0.25, 0.3) is 11.8 Å². The average Bonchev–Trinajstić information content (AvgIpc) is 3.38. The molecule has 3 heterocycles. The van der Waals surface area contributed by atoms with Gasteiger partial charge < -0.3 is 19.4 Å². The molecule has 1 saturated heterocycles. The molecule has 2 aromatic heterocycles.